The van der Waals surface area contributed by atoms with Gasteiger partial charge in [0.1, 0.15) is 35.5 Å². The summed E-state index contributed by atoms with van der Waals surface area (Å²) in [4.78, 5) is 40.5. The smallest absolute Gasteiger partial charge is 0.497 e. The summed E-state index contributed by atoms with van der Waals surface area (Å²) >= 11 is 5.43. The minimum Gasteiger partial charge on any atom is -0.497 e. The highest BCUT2D eigenvalue weighted by Crippen LogP contribution is 2.44. The topological polar surface area (TPSA) is 116 Å². The number of benzene rings is 4. The van der Waals surface area contributed by atoms with Gasteiger partial charge in [-0.1, -0.05) is 72.8 Å². The van der Waals surface area contributed by atoms with Gasteiger partial charge in [-0.15, -0.1) is 9.05 Å². The second-order valence-corrected chi connectivity index (χ2v) is 14.0. The highest BCUT2D eigenvalue weighted by atomic mass is 32.4. The van der Waals surface area contributed by atoms with Crippen LogP contribution in [-0.2, 0) is 35.9 Å². The molecule has 11 nitrogen and oxygen atoms in total. The maximum atomic E-state index is 13.9. The van der Waals surface area contributed by atoms with Crippen LogP contribution in [0.25, 0.3) is 0 Å². The number of methoxy groups -OCH3 is 2. The average Bonchev–Trinajstić information content (AvgIpc) is 3.59. The van der Waals surface area contributed by atoms with Crippen molar-refractivity contribution in [2.45, 2.75) is 37.4 Å². The molecule has 268 valence electrons. The first-order chi connectivity index (χ1) is 25.2. The zero-order valence-corrected chi connectivity index (χ0v) is 30.8. The molecule has 1 unspecified atom stereocenters. The minimum atomic E-state index is -1.73. The second kappa shape index (κ2) is 16.2. The zero-order chi connectivity index (χ0) is 36.8. The molecule has 1 saturated heterocycles. The normalized spacial score (nSPS) is 17.5. The number of aromatic nitrogens is 2. The third-order valence-electron chi connectivity index (χ3n) is 9.01. The maximum absolute atomic E-state index is 13.9. The summed E-state index contributed by atoms with van der Waals surface area (Å²) in [6.07, 6.45) is -0.798. The van der Waals surface area contributed by atoms with Gasteiger partial charge in [-0.2, -0.15) is 4.57 Å². The summed E-state index contributed by atoms with van der Waals surface area (Å²) in [5, 5.41) is 0. The first kappa shape index (κ1) is 37.0. The summed E-state index contributed by atoms with van der Waals surface area (Å²) in [5.74, 6) is 0.628. The van der Waals surface area contributed by atoms with E-state index in [0.717, 1.165) is 16.7 Å². The molecule has 52 heavy (non-hydrogen) atoms. The molecular formula is C39H38N2O9PS+. The Bertz CT molecular complexity index is 2090. The molecule has 4 aromatic carbocycles. The van der Waals surface area contributed by atoms with Crippen LogP contribution in [0.2, 0.25) is 0 Å². The van der Waals surface area contributed by atoms with Crippen LogP contribution in [0.4, 0.5) is 0 Å². The van der Waals surface area contributed by atoms with E-state index < -0.39 is 48.3 Å². The molecule has 0 radical (unpaired) electrons. The number of ether oxygens (including phenoxy) is 4. The van der Waals surface area contributed by atoms with Gasteiger partial charge in [0.2, 0.25) is 11.8 Å². The van der Waals surface area contributed by atoms with Gasteiger partial charge in [-0.25, -0.2) is 4.79 Å². The third-order valence-corrected chi connectivity index (χ3v) is 10.5. The Labute approximate surface area is 306 Å². The quantitative estimate of drug-likeness (QED) is 0.103. The number of carbonyl (C=O) groups is 1. The van der Waals surface area contributed by atoms with E-state index in [4.69, 9.17) is 39.8 Å². The number of hydrogen-bond acceptors (Lipinski definition) is 10. The molecule has 0 saturated carbocycles. The molecule has 1 aromatic heterocycles. The van der Waals surface area contributed by atoms with Gasteiger partial charge in [0.05, 0.1) is 27.9 Å². The summed E-state index contributed by atoms with van der Waals surface area (Å²) < 4.78 is 38.0. The molecule has 0 spiro atoms. The summed E-state index contributed by atoms with van der Waals surface area (Å²) in [5.41, 5.74) is 0.166. The number of rotatable bonds is 13. The number of carbonyl (C=O) groups excluding carboxylic acids is 1. The first-order valence-corrected chi connectivity index (χ1v) is 18.7. The maximum Gasteiger partial charge on any atom is 0.521 e. The van der Waals surface area contributed by atoms with E-state index in [9.17, 15) is 14.4 Å². The minimum absolute atomic E-state index is 0.0212. The Morgan fingerprint density at radius 1 is 0.827 bits per heavy atom. The van der Waals surface area contributed by atoms with Crippen molar-refractivity contribution in [3.8, 4) is 11.5 Å². The lowest BCUT2D eigenvalue weighted by Crippen LogP contribution is -2.45. The van der Waals surface area contributed by atoms with Crippen LogP contribution in [0, 0.1) is 6.92 Å². The lowest BCUT2D eigenvalue weighted by Gasteiger charge is -2.37. The molecule has 0 amide bonds. The van der Waals surface area contributed by atoms with Gasteiger partial charge < -0.3 is 18.9 Å². The molecule has 0 aliphatic carbocycles. The van der Waals surface area contributed by atoms with Crippen LogP contribution in [-0.4, -0.2) is 55.2 Å². The van der Waals surface area contributed by atoms with Crippen molar-refractivity contribution in [3.63, 3.8) is 0 Å². The second-order valence-electron chi connectivity index (χ2n) is 12.0. The van der Waals surface area contributed by atoms with Crippen LogP contribution >= 0.6 is 7.15 Å². The molecule has 0 bridgehead atoms. The van der Waals surface area contributed by atoms with Crippen LogP contribution in [0.1, 0.15) is 45.3 Å². The summed E-state index contributed by atoms with van der Waals surface area (Å²) in [7, 11) is 2.95. The van der Waals surface area contributed by atoms with E-state index >= 15 is 0 Å². The SMILES string of the molecule is COc1ccc(C(OC[C@H]2O[C@@H](n3cc(C)c(=O)n(C(=O)c4ccccc4)c3=O)C[C@@H]2O[P+](=S)OC)(c2ccccc2)c2ccc(OC)cc2)cc1. The Morgan fingerprint density at radius 2 is 1.37 bits per heavy atom. The fraction of sp³-hybridized carbons (Fsp3) is 0.256. The van der Waals surface area contributed by atoms with E-state index in [-0.39, 0.29) is 24.2 Å². The molecular weight excluding hydrogens is 703 g/mol. The Balaban J connectivity index is 1.41. The van der Waals surface area contributed by atoms with Gasteiger partial charge in [-0.05, 0) is 60.0 Å². The van der Waals surface area contributed by atoms with Gasteiger partial charge in [0, 0.05) is 23.7 Å². The fourth-order valence-electron chi connectivity index (χ4n) is 6.36. The highest BCUT2D eigenvalue weighted by Gasteiger charge is 2.45. The number of aryl methyl sites for hydroxylation is 1. The molecule has 1 fully saturated rings. The predicted molar refractivity (Wildman–Crippen MR) is 199 cm³/mol. The van der Waals surface area contributed by atoms with Crippen molar-refractivity contribution in [1.82, 2.24) is 9.13 Å². The molecule has 5 aromatic rings. The van der Waals surface area contributed by atoms with Crippen molar-refractivity contribution in [2.75, 3.05) is 27.9 Å². The monoisotopic (exact) mass is 741 g/mol. The van der Waals surface area contributed by atoms with E-state index in [1.165, 1.54) is 17.9 Å². The molecule has 1 aliphatic rings. The van der Waals surface area contributed by atoms with E-state index in [1.54, 1.807) is 51.5 Å². The van der Waals surface area contributed by atoms with Crippen LogP contribution in [0.3, 0.4) is 0 Å². The van der Waals surface area contributed by atoms with E-state index in [1.807, 2.05) is 78.9 Å². The lowest BCUT2D eigenvalue weighted by molar-refractivity contribution is -0.0914. The van der Waals surface area contributed by atoms with E-state index in [0.29, 0.717) is 16.1 Å². The lowest BCUT2D eigenvalue weighted by atomic mass is 9.80. The van der Waals surface area contributed by atoms with Crippen molar-refractivity contribution in [3.05, 3.63) is 164 Å². The molecule has 2 heterocycles. The molecule has 13 heteroatoms. The number of hydrogen-bond donors (Lipinski definition) is 0. The highest BCUT2D eigenvalue weighted by molar-refractivity contribution is 8.00. The van der Waals surface area contributed by atoms with Gasteiger partial charge in [-0.3, -0.25) is 14.2 Å². The first-order valence-electron chi connectivity index (χ1n) is 16.5. The van der Waals surface area contributed by atoms with E-state index in [2.05, 4.69) is 0 Å². The van der Waals surface area contributed by atoms with Crippen molar-refractivity contribution < 1.29 is 32.8 Å². The third kappa shape index (κ3) is 7.40. The average molecular weight is 742 g/mol. The largest absolute Gasteiger partial charge is 0.521 e. The fourth-order valence-corrected chi connectivity index (χ4v) is 7.22. The molecule has 6 rings (SSSR count). The summed E-state index contributed by atoms with van der Waals surface area (Å²) in [6.45, 7) is 1.52. The standard InChI is InChI=1S/C39H38N2O9PS/c1-26-24-40(38(44)41(36(26)42)37(43)27-11-7-5-8-12-27)35-23-33(50-51(52)47-4)34(49-35)25-48-39(28-13-9-6-10-14-28,29-15-19-31(45-2)20-16-29)30-17-21-32(46-3)22-18-30/h5-22,24,33-35H,23,25H2,1-4H3/q+1/t33-,34+,35+/m0/s1. The Morgan fingerprint density at radius 3 is 1.90 bits per heavy atom. The summed E-state index contributed by atoms with van der Waals surface area (Å²) in [6, 6.07) is 33.2. The van der Waals surface area contributed by atoms with Crippen LogP contribution in [0.5, 0.6) is 11.5 Å². The Kier molecular flexibility index (Phi) is 11.6. The van der Waals surface area contributed by atoms with Gasteiger partial charge >= 0.3 is 12.8 Å². The molecule has 1 aliphatic heterocycles. The van der Waals surface area contributed by atoms with Crippen molar-refractivity contribution in [1.29, 1.82) is 0 Å². The zero-order valence-electron chi connectivity index (χ0n) is 29.0. The van der Waals surface area contributed by atoms with Crippen LogP contribution in [0.15, 0.2) is 125 Å². The van der Waals surface area contributed by atoms with Gasteiger partial charge in [0.15, 0.2) is 0 Å². The molecule has 4 atom stereocenters. The van der Waals surface area contributed by atoms with Crippen molar-refractivity contribution >= 4 is 24.9 Å². The molecule has 0 N–H and O–H groups in total. The number of nitrogens with zero attached hydrogens (tertiary/aromatic N) is 2. The predicted octanol–water partition coefficient (Wildman–Crippen LogP) is 6.13. The Hall–Kier alpha value is -4.81. The van der Waals surface area contributed by atoms with Gasteiger partial charge in [0.25, 0.3) is 11.5 Å². The van der Waals surface area contributed by atoms with Crippen molar-refractivity contribution in [2.24, 2.45) is 0 Å². The van der Waals surface area contributed by atoms with Crippen LogP contribution < -0.4 is 20.7 Å².